The first-order valence-corrected chi connectivity index (χ1v) is 9.13. The second-order valence-corrected chi connectivity index (χ2v) is 8.52. The maximum Gasteiger partial charge on any atom is 0.243 e. The zero-order chi connectivity index (χ0) is 15.2. The number of rotatable bonds is 3. The molecule has 22 heavy (non-hydrogen) atoms. The van der Waals surface area contributed by atoms with E-state index in [1.54, 1.807) is 17.4 Å². The molecule has 1 aromatic rings. The monoisotopic (exact) mass is 344 g/mol. The lowest BCUT2D eigenvalue weighted by atomic mass is 10.0. The highest BCUT2D eigenvalue weighted by Gasteiger charge is 2.39. The lowest BCUT2D eigenvalue weighted by Crippen LogP contribution is -2.48. The summed E-state index contributed by atoms with van der Waals surface area (Å²) in [4.78, 5) is 0.455. The number of nitrogens with one attached hydrogen (secondary N) is 1. The van der Waals surface area contributed by atoms with Gasteiger partial charge in [-0.25, -0.2) is 8.42 Å². The van der Waals surface area contributed by atoms with Crippen molar-refractivity contribution in [2.75, 3.05) is 7.05 Å². The predicted octanol–water partition coefficient (Wildman–Crippen LogP) is 2.63. The van der Waals surface area contributed by atoms with Crippen LogP contribution < -0.4 is 5.32 Å². The molecular formula is C16H25ClN2O2S. The maximum absolute atomic E-state index is 12.9. The van der Waals surface area contributed by atoms with Crippen molar-refractivity contribution in [2.24, 2.45) is 0 Å². The first kappa shape index (κ1) is 17.7. The first-order valence-electron chi connectivity index (χ1n) is 7.69. The molecule has 2 fully saturated rings. The Balaban J connectivity index is 0.00000176. The van der Waals surface area contributed by atoms with Gasteiger partial charge < -0.3 is 5.32 Å². The van der Waals surface area contributed by atoms with Crippen molar-refractivity contribution >= 4 is 22.4 Å². The maximum atomic E-state index is 12.9. The lowest BCUT2D eigenvalue weighted by molar-refractivity contribution is 0.251. The molecule has 3 rings (SSSR count). The summed E-state index contributed by atoms with van der Waals surface area (Å²) in [5.41, 5.74) is 1.81. The van der Waals surface area contributed by atoms with Gasteiger partial charge in [-0.1, -0.05) is 12.1 Å². The summed E-state index contributed by atoms with van der Waals surface area (Å²) in [5, 5.41) is 3.57. The molecule has 6 heteroatoms. The van der Waals surface area contributed by atoms with Crippen LogP contribution in [0.1, 0.15) is 36.8 Å². The second-order valence-electron chi connectivity index (χ2n) is 6.55. The van der Waals surface area contributed by atoms with Gasteiger partial charge in [0, 0.05) is 25.2 Å². The van der Waals surface area contributed by atoms with Crippen LogP contribution in [0.2, 0.25) is 0 Å². The van der Waals surface area contributed by atoms with Gasteiger partial charge >= 0.3 is 0 Å². The van der Waals surface area contributed by atoms with Gasteiger partial charge in [0.2, 0.25) is 10.0 Å². The topological polar surface area (TPSA) is 49.4 Å². The molecule has 0 aliphatic carbocycles. The number of benzene rings is 1. The Bertz CT molecular complexity index is 636. The number of piperidine rings is 1. The molecule has 2 heterocycles. The van der Waals surface area contributed by atoms with Gasteiger partial charge in [0.15, 0.2) is 0 Å². The van der Waals surface area contributed by atoms with Gasteiger partial charge in [-0.15, -0.1) is 12.4 Å². The molecule has 0 saturated carbocycles. The zero-order valence-electron chi connectivity index (χ0n) is 13.4. The van der Waals surface area contributed by atoms with Gasteiger partial charge in [0.05, 0.1) is 4.90 Å². The van der Waals surface area contributed by atoms with Crippen molar-refractivity contribution in [1.29, 1.82) is 0 Å². The molecule has 2 unspecified atom stereocenters. The summed E-state index contributed by atoms with van der Waals surface area (Å²) in [6, 6.07) is 6.74. The van der Waals surface area contributed by atoms with Crippen molar-refractivity contribution < 1.29 is 8.42 Å². The fraction of sp³-hybridized carbons (Fsp3) is 0.625. The normalized spacial score (nSPS) is 27.7. The summed E-state index contributed by atoms with van der Waals surface area (Å²) in [7, 11) is -1.66. The van der Waals surface area contributed by atoms with Crippen molar-refractivity contribution in [1.82, 2.24) is 9.62 Å². The molecule has 2 bridgehead atoms. The van der Waals surface area contributed by atoms with Crippen molar-refractivity contribution in [2.45, 2.75) is 62.6 Å². The van der Waals surface area contributed by atoms with E-state index in [9.17, 15) is 8.42 Å². The Kier molecular flexibility index (Phi) is 5.22. The number of hydrogen-bond donors (Lipinski definition) is 1. The van der Waals surface area contributed by atoms with Gasteiger partial charge in [-0.3, -0.25) is 0 Å². The molecule has 2 aliphatic heterocycles. The molecule has 0 amide bonds. The summed E-state index contributed by atoms with van der Waals surface area (Å²) in [6.45, 7) is 3.80. The summed E-state index contributed by atoms with van der Waals surface area (Å²) in [5.74, 6) is 0. The number of hydrogen-bond acceptors (Lipinski definition) is 3. The van der Waals surface area contributed by atoms with Crippen LogP contribution >= 0.6 is 12.4 Å². The average molecular weight is 345 g/mol. The zero-order valence-corrected chi connectivity index (χ0v) is 15.0. The quantitative estimate of drug-likeness (QED) is 0.917. The van der Waals surface area contributed by atoms with Crippen molar-refractivity contribution in [3.8, 4) is 0 Å². The van der Waals surface area contributed by atoms with Gasteiger partial charge in [-0.05, 0) is 56.7 Å². The van der Waals surface area contributed by atoms with Gasteiger partial charge in [0.25, 0.3) is 0 Å². The molecule has 2 atom stereocenters. The van der Waals surface area contributed by atoms with E-state index in [0.29, 0.717) is 17.0 Å². The standard InChI is InChI=1S/C16H24N2O2S.ClH/c1-11-4-5-12(2)16(8-11)21(19,20)18(3)15-9-13-6-7-14(10-15)17-13;/h4-5,8,13-15,17H,6-7,9-10H2,1-3H3;1H. The summed E-state index contributed by atoms with van der Waals surface area (Å²) in [6.07, 6.45) is 4.21. The number of fused-ring (bicyclic) bond motifs is 2. The van der Waals surface area contributed by atoms with E-state index in [-0.39, 0.29) is 18.4 Å². The molecule has 1 N–H and O–H groups in total. The van der Waals surface area contributed by atoms with Crippen LogP contribution in [-0.4, -0.2) is 37.9 Å². The molecule has 4 nitrogen and oxygen atoms in total. The minimum Gasteiger partial charge on any atom is -0.311 e. The fourth-order valence-electron chi connectivity index (χ4n) is 3.66. The molecular weight excluding hydrogens is 320 g/mol. The second kappa shape index (κ2) is 6.48. The summed E-state index contributed by atoms with van der Waals surface area (Å²) >= 11 is 0. The van der Waals surface area contributed by atoms with E-state index >= 15 is 0 Å². The first-order chi connectivity index (χ1) is 9.88. The van der Waals surface area contributed by atoms with E-state index in [4.69, 9.17) is 0 Å². The van der Waals surface area contributed by atoms with Crippen LogP contribution in [0.15, 0.2) is 23.1 Å². The Labute approximate surface area is 139 Å². The number of halogens is 1. The largest absolute Gasteiger partial charge is 0.311 e. The van der Waals surface area contributed by atoms with Gasteiger partial charge in [0.1, 0.15) is 0 Å². The third-order valence-corrected chi connectivity index (χ3v) is 7.02. The highest BCUT2D eigenvalue weighted by molar-refractivity contribution is 7.89. The average Bonchev–Trinajstić information content (AvgIpc) is 2.79. The smallest absolute Gasteiger partial charge is 0.243 e. The number of aryl methyl sites for hydroxylation is 2. The van der Waals surface area contributed by atoms with Crippen LogP contribution in [0.3, 0.4) is 0 Å². The molecule has 0 aromatic heterocycles. The highest BCUT2D eigenvalue weighted by atomic mass is 35.5. The van der Waals surface area contributed by atoms with Crippen LogP contribution in [0.4, 0.5) is 0 Å². The van der Waals surface area contributed by atoms with Crippen molar-refractivity contribution in [3.05, 3.63) is 29.3 Å². The molecule has 0 radical (unpaired) electrons. The summed E-state index contributed by atoms with van der Waals surface area (Å²) < 4.78 is 27.5. The van der Waals surface area contributed by atoms with E-state index in [1.165, 1.54) is 12.8 Å². The van der Waals surface area contributed by atoms with E-state index in [0.717, 1.165) is 24.0 Å². The van der Waals surface area contributed by atoms with Crippen LogP contribution in [0, 0.1) is 13.8 Å². The molecule has 0 spiro atoms. The lowest BCUT2D eigenvalue weighted by Gasteiger charge is -2.35. The fourth-order valence-corrected chi connectivity index (χ4v) is 5.35. The minimum atomic E-state index is -3.41. The van der Waals surface area contributed by atoms with Crippen LogP contribution in [0.5, 0.6) is 0 Å². The molecule has 2 aliphatic rings. The highest BCUT2D eigenvalue weighted by Crippen LogP contribution is 2.32. The van der Waals surface area contributed by atoms with Crippen molar-refractivity contribution in [3.63, 3.8) is 0 Å². The molecule has 2 saturated heterocycles. The predicted molar refractivity (Wildman–Crippen MR) is 91.1 cm³/mol. The minimum absolute atomic E-state index is 0. The Morgan fingerprint density at radius 2 is 1.73 bits per heavy atom. The van der Waals surface area contributed by atoms with E-state index < -0.39 is 10.0 Å². The Morgan fingerprint density at radius 1 is 1.14 bits per heavy atom. The van der Waals surface area contributed by atoms with E-state index in [2.05, 4.69) is 5.32 Å². The van der Waals surface area contributed by atoms with Crippen LogP contribution in [-0.2, 0) is 10.0 Å². The number of sulfonamides is 1. The van der Waals surface area contributed by atoms with Crippen LogP contribution in [0.25, 0.3) is 0 Å². The van der Waals surface area contributed by atoms with E-state index in [1.807, 2.05) is 26.0 Å². The Hall–Kier alpha value is -0.620. The SMILES string of the molecule is Cc1ccc(C)c(S(=O)(=O)N(C)C2CC3CCC(C2)N3)c1.Cl. The molecule has 124 valence electrons. The third-order valence-electron chi connectivity index (χ3n) is 4.96. The number of nitrogens with zero attached hydrogens (tertiary/aromatic N) is 1. The van der Waals surface area contributed by atoms with Gasteiger partial charge in [-0.2, -0.15) is 4.31 Å². The third kappa shape index (κ3) is 3.18. The molecule has 1 aromatic carbocycles. The Morgan fingerprint density at radius 3 is 2.32 bits per heavy atom.